The van der Waals surface area contributed by atoms with E-state index in [4.69, 9.17) is 0 Å². The van der Waals surface area contributed by atoms with E-state index in [0.29, 0.717) is 0 Å². The normalized spacial score (nSPS) is 11.2. The van der Waals surface area contributed by atoms with Crippen LogP contribution < -0.4 is 5.32 Å². The fourth-order valence-electron chi connectivity index (χ4n) is 2.79. The highest BCUT2D eigenvalue weighted by molar-refractivity contribution is 5.85. The summed E-state index contributed by atoms with van der Waals surface area (Å²) in [6.07, 6.45) is 12.6. The third-order valence-corrected chi connectivity index (χ3v) is 4.34. The molecule has 1 N–H and O–H groups in total. The minimum atomic E-state index is 0. The van der Waals surface area contributed by atoms with E-state index in [2.05, 4.69) is 56.4 Å². The van der Waals surface area contributed by atoms with Gasteiger partial charge in [-0.2, -0.15) is 0 Å². The second-order valence-corrected chi connectivity index (χ2v) is 6.75. The largest absolute Gasteiger partial charge is 0.308 e. The summed E-state index contributed by atoms with van der Waals surface area (Å²) in [5.74, 6) is 0. The monoisotopic (exact) mass is 325 g/mol. The Kier molecular flexibility index (Phi) is 12.6. The van der Waals surface area contributed by atoms with Gasteiger partial charge in [0.05, 0.1) is 0 Å². The van der Waals surface area contributed by atoms with Crippen LogP contribution in [-0.4, -0.2) is 6.54 Å². The highest BCUT2D eigenvalue weighted by atomic mass is 35.5. The lowest BCUT2D eigenvalue weighted by Crippen LogP contribution is -2.37. The Hall–Kier alpha value is -0.530. The van der Waals surface area contributed by atoms with Crippen LogP contribution >= 0.6 is 12.4 Å². The van der Waals surface area contributed by atoms with Crippen molar-refractivity contribution in [3.05, 3.63) is 35.9 Å². The quantitative estimate of drug-likeness (QED) is 0.434. The average Bonchev–Trinajstić information content (AvgIpc) is 2.50. The van der Waals surface area contributed by atoms with Gasteiger partial charge in [-0.1, -0.05) is 88.6 Å². The standard InChI is InChI=1S/C20H35N.ClH/c1-4-5-6-7-8-9-10-11-15-18-21-20(2,3)19-16-13-12-14-17-19;/h12-14,16-17,21H,4-11,15,18H2,1-3H3;1H. The number of unbranched alkanes of at least 4 members (excludes halogenated alkanes) is 8. The molecule has 0 heterocycles. The molecule has 128 valence electrons. The minimum Gasteiger partial charge on any atom is -0.308 e. The van der Waals surface area contributed by atoms with Crippen molar-refractivity contribution in [1.29, 1.82) is 0 Å². The van der Waals surface area contributed by atoms with Crippen LogP contribution in [0.1, 0.15) is 84.1 Å². The van der Waals surface area contributed by atoms with E-state index in [0.717, 1.165) is 6.54 Å². The molecule has 0 aliphatic heterocycles. The summed E-state index contributed by atoms with van der Waals surface area (Å²) in [6.45, 7) is 7.95. The Morgan fingerprint density at radius 3 is 1.82 bits per heavy atom. The Morgan fingerprint density at radius 1 is 0.773 bits per heavy atom. The van der Waals surface area contributed by atoms with Crippen molar-refractivity contribution in [3.8, 4) is 0 Å². The van der Waals surface area contributed by atoms with Gasteiger partial charge in [-0.15, -0.1) is 12.4 Å². The second-order valence-electron chi connectivity index (χ2n) is 6.75. The first-order valence-electron chi connectivity index (χ1n) is 8.97. The summed E-state index contributed by atoms with van der Waals surface area (Å²) < 4.78 is 0. The van der Waals surface area contributed by atoms with Gasteiger partial charge < -0.3 is 5.32 Å². The van der Waals surface area contributed by atoms with E-state index < -0.39 is 0 Å². The first-order valence-corrected chi connectivity index (χ1v) is 8.97. The number of hydrogen-bond donors (Lipinski definition) is 1. The number of benzene rings is 1. The van der Waals surface area contributed by atoms with E-state index >= 15 is 0 Å². The zero-order valence-corrected chi connectivity index (χ0v) is 15.7. The van der Waals surface area contributed by atoms with Crippen LogP contribution in [0, 0.1) is 0 Å². The minimum absolute atomic E-state index is 0. The summed E-state index contributed by atoms with van der Waals surface area (Å²) in [6, 6.07) is 10.8. The SMILES string of the molecule is CCCCCCCCCCCNC(C)(C)c1ccccc1.Cl. The van der Waals surface area contributed by atoms with E-state index in [1.54, 1.807) is 0 Å². The van der Waals surface area contributed by atoms with Crippen LogP contribution in [0.15, 0.2) is 30.3 Å². The molecule has 1 aromatic carbocycles. The second kappa shape index (κ2) is 13.0. The summed E-state index contributed by atoms with van der Waals surface area (Å²) in [5, 5.41) is 3.69. The van der Waals surface area contributed by atoms with E-state index in [-0.39, 0.29) is 17.9 Å². The molecule has 0 amide bonds. The van der Waals surface area contributed by atoms with Crippen LogP contribution in [0.4, 0.5) is 0 Å². The molecule has 1 nitrogen and oxygen atoms in total. The zero-order chi connectivity index (χ0) is 15.4. The van der Waals surface area contributed by atoms with Gasteiger partial charge in [0, 0.05) is 5.54 Å². The van der Waals surface area contributed by atoms with Crippen molar-refractivity contribution < 1.29 is 0 Å². The van der Waals surface area contributed by atoms with Crippen LogP contribution in [0.25, 0.3) is 0 Å². The molecule has 0 aliphatic rings. The molecule has 0 bridgehead atoms. The average molecular weight is 326 g/mol. The Bertz CT molecular complexity index is 348. The first-order chi connectivity index (χ1) is 10.2. The first kappa shape index (κ1) is 21.5. The van der Waals surface area contributed by atoms with Crippen LogP contribution in [0.2, 0.25) is 0 Å². The highest BCUT2D eigenvalue weighted by Gasteiger charge is 2.18. The topological polar surface area (TPSA) is 12.0 Å². The van der Waals surface area contributed by atoms with Gasteiger partial charge in [0.15, 0.2) is 0 Å². The van der Waals surface area contributed by atoms with Gasteiger partial charge in [-0.3, -0.25) is 0 Å². The Balaban J connectivity index is 0.00000441. The fourth-order valence-corrected chi connectivity index (χ4v) is 2.79. The van der Waals surface area contributed by atoms with Crippen molar-refractivity contribution in [3.63, 3.8) is 0 Å². The van der Waals surface area contributed by atoms with Gasteiger partial charge in [-0.05, 0) is 32.4 Å². The fraction of sp³-hybridized carbons (Fsp3) is 0.700. The van der Waals surface area contributed by atoms with Crippen molar-refractivity contribution in [2.75, 3.05) is 6.54 Å². The van der Waals surface area contributed by atoms with Crippen LogP contribution in [0.5, 0.6) is 0 Å². The van der Waals surface area contributed by atoms with Gasteiger partial charge in [-0.25, -0.2) is 0 Å². The van der Waals surface area contributed by atoms with Gasteiger partial charge in [0.25, 0.3) is 0 Å². The molecule has 0 aromatic heterocycles. The molecular formula is C20H36ClN. The molecule has 0 atom stereocenters. The molecule has 2 heteroatoms. The lowest BCUT2D eigenvalue weighted by Gasteiger charge is -2.27. The third kappa shape index (κ3) is 9.48. The molecule has 0 radical (unpaired) electrons. The van der Waals surface area contributed by atoms with Crippen molar-refractivity contribution in [1.82, 2.24) is 5.32 Å². The molecule has 0 saturated carbocycles. The summed E-state index contributed by atoms with van der Waals surface area (Å²) in [7, 11) is 0. The van der Waals surface area contributed by atoms with Gasteiger partial charge >= 0.3 is 0 Å². The molecule has 0 unspecified atom stereocenters. The van der Waals surface area contributed by atoms with Crippen molar-refractivity contribution >= 4 is 12.4 Å². The molecule has 22 heavy (non-hydrogen) atoms. The van der Waals surface area contributed by atoms with Crippen molar-refractivity contribution in [2.45, 2.75) is 84.1 Å². The maximum Gasteiger partial charge on any atom is 0.0377 e. The number of halogens is 1. The maximum absolute atomic E-state index is 3.69. The van der Waals surface area contributed by atoms with Crippen LogP contribution in [0.3, 0.4) is 0 Å². The van der Waals surface area contributed by atoms with Gasteiger partial charge in [0.2, 0.25) is 0 Å². The molecule has 0 fully saturated rings. The molecule has 0 spiro atoms. The summed E-state index contributed by atoms with van der Waals surface area (Å²) >= 11 is 0. The summed E-state index contributed by atoms with van der Waals surface area (Å²) in [4.78, 5) is 0. The molecule has 0 saturated heterocycles. The Labute approximate surface area is 144 Å². The molecular weight excluding hydrogens is 290 g/mol. The maximum atomic E-state index is 3.69. The van der Waals surface area contributed by atoms with Crippen LogP contribution in [-0.2, 0) is 5.54 Å². The molecule has 1 aromatic rings. The lowest BCUT2D eigenvalue weighted by molar-refractivity contribution is 0.394. The molecule has 0 aliphatic carbocycles. The van der Waals surface area contributed by atoms with E-state index in [9.17, 15) is 0 Å². The predicted molar refractivity (Wildman–Crippen MR) is 102 cm³/mol. The smallest absolute Gasteiger partial charge is 0.0377 e. The van der Waals surface area contributed by atoms with Gasteiger partial charge in [0.1, 0.15) is 0 Å². The number of hydrogen-bond acceptors (Lipinski definition) is 1. The van der Waals surface area contributed by atoms with E-state index in [1.165, 1.54) is 63.4 Å². The summed E-state index contributed by atoms with van der Waals surface area (Å²) in [5.41, 5.74) is 1.46. The third-order valence-electron chi connectivity index (χ3n) is 4.34. The van der Waals surface area contributed by atoms with E-state index in [1.807, 2.05) is 0 Å². The Morgan fingerprint density at radius 2 is 1.27 bits per heavy atom. The highest BCUT2D eigenvalue weighted by Crippen LogP contribution is 2.19. The predicted octanol–water partition coefficient (Wildman–Crippen LogP) is 6.46. The van der Waals surface area contributed by atoms with Crippen molar-refractivity contribution in [2.24, 2.45) is 0 Å². The number of nitrogens with one attached hydrogen (secondary N) is 1. The number of rotatable bonds is 12. The molecule has 1 rings (SSSR count). The zero-order valence-electron chi connectivity index (χ0n) is 14.9. The lowest BCUT2D eigenvalue weighted by atomic mass is 9.94.